The number of nitrogens with one attached hydrogen (secondary N) is 3. The second-order valence-electron chi connectivity index (χ2n) is 4.84. The van der Waals surface area contributed by atoms with Gasteiger partial charge in [0.1, 0.15) is 0 Å². The van der Waals surface area contributed by atoms with E-state index in [0.717, 1.165) is 11.3 Å². The summed E-state index contributed by atoms with van der Waals surface area (Å²) < 4.78 is 4.94. The first-order chi connectivity index (χ1) is 10.7. The fourth-order valence-corrected chi connectivity index (χ4v) is 2.17. The number of aromatic nitrogens is 1. The molecule has 0 saturated heterocycles. The van der Waals surface area contributed by atoms with Crippen molar-refractivity contribution < 1.29 is 9.21 Å². The predicted molar refractivity (Wildman–Crippen MR) is 84.0 cm³/mol. The Morgan fingerprint density at radius 3 is 2.77 bits per heavy atom. The molecule has 2 aromatic carbocycles. The first kappa shape index (κ1) is 13.9. The van der Waals surface area contributed by atoms with Crippen molar-refractivity contribution in [2.24, 2.45) is 0 Å². The van der Waals surface area contributed by atoms with Crippen molar-refractivity contribution >= 4 is 22.8 Å². The van der Waals surface area contributed by atoms with Gasteiger partial charge < -0.3 is 15.1 Å². The zero-order valence-corrected chi connectivity index (χ0v) is 11.8. The minimum atomic E-state index is -0.465. The molecule has 0 aliphatic carbocycles. The summed E-state index contributed by atoms with van der Waals surface area (Å²) in [5.74, 6) is -0.465. The van der Waals surface area contributed by atoms with Gasteiger partial charge >= 0.3 is 11.8 Å². The van der Waals surface area contributed by atoms with E-state index in [1.54, 1.807) is 6.07 Å². The van der Waals surface area contributed by atoms with Gasteiger partial charge in [-0.15, -0.1) is 0 Å². The molecule has 0 aliphatic heterocycles. The summed E-state index contributed by atoms with van der Waals surface area (Å²) in [5, 5.41) is 5.54. The van der Waals surface area contributed by atoms with E-state index < -0.39 is 5.76 Å². The van der Waals surface area contributed by atoms with Crippen molar-refractivity contribution in [2.45, 2.75) is 6.42 Å². The number of oxazole rings is 1. The molecule has 0 aliphatic rings. The summed E-state index contributed by atoms with van der Waals surface area (Å²) in [6.07, 6.45) is 0.658. The lowest BCUT2D eigenvalue weighted by Crippen LogP contribution is -2.30. The van der Waals surface area contributed by atoms with Crippen LogP contribution in [0.4, 0.5) is 10.5 Å². The number of carbonyl (C=O) groups excluding carboxylic acids is 1. The molecule has 0 fully saturated rings. The fourth-order valence-electron chi connectivity index (χ4n) is 2.17. The van der Waals surface area contributed by atoms with Crippen LogP contribution in [0.2, 0.25) is 0 Å². The molecule has 6 nitrogen and oxygen atoms in total. The van der Waals surface area contributed by atoms with Crippen molar-refractivity contribution in [1.82, 2.24) is 10.3 Å². The van der Waals surface area contributed by atoms with Crippen LogP contribution in [0.3, 0.4) is 0 Å². The summed E-state index contributed by atoms with van der Waals surface area (Å²) in [5.41, 5.74) is 2.95. The maximum absolute atomic E-state index is 11.7. The lowest BCUT2D eigenvalue weighted by atomic mass is 10.1. The molecule has 6 heteroatoms. The molecule has 112 valence electrons. The average Bonchev–Trinajstić information content (AvgIpc) is 2.87. The smallest absolute Gasteiger partial charge is 0.408 e. The number of urea groups is 1. The Kier molecular flexibility index (Phi) is 3.91. The summed E-state index contributed by atoms with van der Waals surface area (Å²) in [6.45, 7) is 0.492. The first-order valence-electron chi connectivity index (χ1n) is 6.92. The minimum absolute atomic E-state index is 0.246. The number of anilines is 1. The van der Waals surface area contributed by atoms with E-state index in [1.807, 2.05) is 42.5 Å². The number of hydrogen-bond donors (Lipinski definition) is 3. The molecule has 1 aromatic heterocycles. The maximum Gasteiger partial charge on any atom is 0.417 e. The predicted octanol–water partition coefficient (Wildman–Crippen LogP) is 2.49. The third-order valence-corrected chi connectivity index (χ3v) is 3.21. The van der Waals surface area contributed by atoms with Crippen LogP contribution in [0.5, 0.6) is 0 Å². The number of aromatic amines is 1. The SMILES string of the molecule is O=C(NCCc1ccc2oc(=O)[nH]c2c1)Nc1ccccc1. The third-order valence-electron chi connectivity index (χ3n) is 3.21. The number of hydrogen-bond acceptors (Lipinski definition) is 3. The number of para-hydroxylation sites is 1. The topological polar surface area (TPSA) is 87.1 Å². The Hall–Kier alpha value is -3.02. The van der Waals surface area contributed by atoms with Gasteiger partial charge in [-0.1, -0.05) is 24.3 Å². The Morgan fingerprint density at radius 1 is 1.14 bits per heavy atom. The van der Waals surface area contributed by atoms with Crippen LogP contribution in [0.15, 0.2) is 57.7 Å². The lowest BCUT2D eigenvalue weighted by Gasteiger charge is -2.07. The van der Waals surface area contributed by atoms with Gasteiger partial charge in [-0.3, -0.25) is 4.98 Å². The molecule has 3 aromatic rings. The minimum Gasteiger partial charge on any atom is -0.408 e. The molecule has 22 heavy (non-hydrogen) atoms. The van der Waals surface area contributed by atoms with Gasteiger partial charge in [0.25, 0.3) is 0 Å². The third kappa shape index (κ3) is 3.35. The number of H-pyrrole nitrogens is 1. The quantitative estimate of drug-likeness (QED) is 0.691. The summed E-state index contributed by atoms with van der Waals surface area (Å²) in [7, 11) is 0. The summed E-state index contributed by atoms with van der Waals surface area (Å²) in [4.78, 5) is 25.4. The molecule has 0 radical (unpaired) electrons. The molecule has 0 bridgehead atoms. The highest BCUT2D eigenvalue weighted by molar-refractivity contribution is 5.89. The highest BCUT2D eigenvalue weighted by Crippen LogP contribution is 2.12. The Labute approximate surface area is 126 Å². The van der Waals surface area contributed by atoms with Crippen LogP contribution in [0.25, 0.3) is 11.1 Å². The van der Waals surface area contributed by atoms with Crippen LogP contribution >= 0.6 is 0 Å². The lowest BCUT2D eigenvalue weighted by molar-refractivity contribution is 0.252. The number of fused-ring (bicyclic) bond motifs is 1. The number of carbonyl (C=O) groups is 1. The second kappa shape index (κ2) is 6.17. The first-order valence-corrected chi connectivity index (χ1v) is 6.92. The van der Waals surface area contributed by atoms with Crippen LogP contribution in [-0.4, -0.2) is 17.6 Å². The van der Waals surface area contributed by atoms with Gasteiger partial charge in [-0.25, -0.2) is 9.59 Å². The van der Waals surface area contributed by atoms with Gasteiger partial charge in [0, 0.05) is 12.2 Å². The van der Waals surface area contributed by atoms with E-state index in [4.69, 9.17) is 4.42 Å². The van der Waals surface area contributed by atoms with Gasteiger partial charge in [-0.2, -0.15) is 0 Å². The Morgan fingerprint density at radius 2 is 1.95 bits per heavy atom. The van der Waals surface area contributed by atoms with Crippen molar-refractivity contribution in [3.05, 3.63) is 64.6 Å². The van der Waals surface area contributed by atoms with E-state index in [0.29, 0.717) is 24.1 Å². The van der Waals surface area contributed by atoms with Crippen molar-refractivity contribution in [3.63, 3.8) is 0 Å². The van der Waals surface area contributed by atoms with Gasteiger partial charge in [-0.05, 0) is 36.2 Å². The van der Waals surface area contributed by atoms with Crippen molar-refractivity contribution in [1.29, 1.82) is 0 Å². The monoisotopic (exact) mass is 297 g/mol. The van der Waals surface area contributed by atoms with Crippen LogP contribution in [0.1, 0.15) is 5.56 Å². The van der Waals surface area contributed by atoms with Gasteiger partial charge in [0.15, 0.2) is 5.58 Å². The van der Waals surface area contributed by atoms with E-state index in [2.05, 4.69) is 15.6 Å². The molecule has 0 saturated carbocycles. The van der Waals surface area contributed by atoms with Crippen LogP contribution in [-0.2, 0) is 6.42 Å². The summed E-state index contributed by atoms with van der Waals surface area (Å²) in [6, 6.07) is 14.5. The van der Waals surface area contributed by atoms with Crippen LogP contribution in [0, 0.1) is 0 Å². The summed E-state index contributed by atoms with van der Waals surface area (Å²) >= 11 is 0. The van der Waals surface area contributed by atoms with Crippen molar-refractivity contribution in [2.75, 3.05) is 11.9 Å². The van der Waals surface area contributed by atoms with Gasteiger partial charge in [0.05, 0.1) is 5.52 Å². The zero-order valence-electron chi connectivity index (χ0n) is 11.8. The second-order valence-corrected chi connectivity index (χ2v) is 4.84. The molecule has 2 amide bonds. The number of benzene rings is 2. The maximum atomic E-state index is 11.7. The van der Waals surface area contributed by atoms with Gasteiger partial charge in [0.2, 0.25) is 0 Å². The molecule has 0 spiro atoms. The largest absolute Gasteiger partial charge is 0.417 e. The molecule has 1 heterocycles. The highest BCUT2D eigenvalue weighted by atomic mass is 16.4. The van der Waals surface area contributed by atoms with E-state index in [-0.39, 0.29) is 6.03 Å². The highest BCUT2D eigenvalue weighted by Gasteiger charge is 2.04. The van der Waals surface area contributed by atoms with E-state index >= 15 is 0 Å². The number of rotatable bonds is 4. The Balaban J connectivity index is 1.53. The molecule has 0 atom stereocenters. The molecular weight excluding hydrogens is 282 g/mol. The molecule has 0 unspecified atom stereocenters. The molecule has 3 rings (SSSR count). The van der Waals surface area contributed by atoms with E-state index in [9.17, 15) is 9.59 Å². The number of amides is 2. The van der Waals surface area contributed by atoms with Crippen molar-refractivity contribution in [3.8, 4) is 0 Å². The normalized spacial score (nSPS) is 10.5. The molecular formula is C16H15N3O3. The van der Waals surface area contributed by atoms with Crippen LogP contribution < -0.4 is 16.4 Å². The fraction of sp³-hybridized carbons (Fsp3) is 0.125. The molecule has 3 N–H and O–H groups in total. The average molecular weight is 297 g/mol. The van der Waals surface area contributed by atoms with E-state index in [1.165, 1.54) is 0 Å². The Bertz CT molecular complexity index is 836. The zero-order chi connectivity index (χ0) is 15.4. The standard InChI is InChI=1S/C16H15N3O3/c20-15(18-12-4-2-1-3-5-12)17-9-8-11-6-7-14-13(10-11)19-16(21)22-14/h1-7,10H,8-9H2,(H,19,21)(H2,17,18,20).